The summed E-state index contributed by atoms with van der Waals surface area (Å²) in [6.07, 6.45) is 41.3. The van der Waals surface area contributed by atoms with Gasteiger partial charge in [-0.1, -0.05) is 124 Å². The highest BCUT2D eigenvalue weighted by molar-refractivity contribution is 5.70. The Balaban J connectivity index is 2.44. The second-order valence-corrected chi connectivity index (χ2v) is 14.1. The molecule has 1 fully saturated rings. The molecule has 0 amide bonds. The third kappa shape index (κ3) is 28.6. The summed E-state index contributed by atoms with van der Waals surface area (Å²) in [5.74, 6) is -0.932. The van der Waals surface area contributed by atoms with E-state index in [-0.39, 0.29) is 26.1 Å². The molecule has 2 unspecified atom stereocenters. The van der Waals surface area contributed by atoms with Gasteiger partial charge in [-0.3, -0.25) is 9.59 Å². The Morgan fingerprint density at radius 1 is 0.561 bits per heavy atom. The van der Waals surface area contributed by atoms with Gasteiger partial charge in [0.2, 0.25) is 0 Å². The maximum absolute atomic E-state index is 12.7. The van der Waals surface area contributed by atoms with Crippen molar-refractivity contribution < 1.29 is 49.0 Å². The summed E-state index contributed by atoms with van der Waals surface area (Å²) in [4.78, 5) is 25.3. The van der Waals surface area contributed by atoms with E-state index in [9.17, 15) is 30.0 Å². The largest absolute Gasteiger partial charge is 0.462 e. The van der Waals surface area contributed by atoms with Gasteiger partial charge < -0.3 is 39.4 Å². The molecule has 0 spiro atoms. The van der Waals surface area contributed by atoms with E-state index in [4.69, 9.17) is 18.9 Å². The van der Waals surface area contributed by atoms with Crippen LogP contribution in [-0.4, -0.2) is 89.0 Å². The van der Waals surface area contributed by atoms with E-state index in [1.54, 1.807) is 0 Å². The van der Waals surface area contributed by atoms with Crippen molar-refractivity contribution in [2.75, 3.05) is 19.8 Å². The van der Waals surface area contributed by atoms with Gasteiger partial charge in [0, 0.05) is 12.8 Å². The van der Waals surface area contributed by atoms with Crippen molar-refractivity contribution in [1.82, 2.24) is 0 Å². The number of carbonyl (C=O) groups is 2. The quantitative estimate of drug-likeness (QED) is 0.0288. The van der Waals surface area contributed by atoms with Gasteiger partial charge in [0.25, 0.3) is 0 Å². The van der Waals surface area contributed by atoms with Gasteiger partial charge in [0.15, 0.2) is 12.4 Å². The SMILES string of the molecule is CC/C=C/C/C=C/C/C=C/C/C=C/C/C=C/CCCC(=O)OC[C@@H](CO[C@H]1O[C@@H](CO)[C@@H](O)C(O)C1O)OC(=O)CCCC/C=C/C/C=C/C/C=C/CCCCC. The zero-order chi connectivity index (χ0) is 41.6. The zero-order valence-electron chi connectivity index (χ0n) is 34.8. The average molecular weight is 799 g/mol. The molecule has 0 aromatic heterocycles. The van der Waals surface area contributed by atoms with Crippen LogP contribution < -0.4 is 0 Å². The molecule has 1 aliphatic heterocycles. The predicted molar refractivity (Wildman–Crippen MR) is 228 cm³/mol. The molecular weight excluding hydrogens is 725 g/mol. The van der Waals surface area contributed by atoms with Gasteiger partial charge in [0.05, 0.1) is 13.2 Å². The predicted octanol–water partition coefficient (Wildman–Crippen LogP) is 8.77. The second-order valence-electron chi connectivity index (χ2n) is 14.1. The van der Waals surface area contributed by atoms with E-state index in [2.05, 4.69) is 105 Å². The monoisotopic (exact) mass is 799 g/mol. The van der Waals surface area contributed by atoms with Crippen LogP contribution in [0.3, 0.4) is 0 Å². The van der Waals surface area contributed by atoms with Crippen LogP contribution in [0.15, 0.2) is 97.2 Å². The summed E-state index contributed by atoms with van der Waals surface area (Å²) < 4.78 is 22.0. The molecule has 6 atom stereocenters. The first-order chi connectivity index (χ1) is 27.8. The van der Waals surface area contributed by atoms with Crippen molar-refractivity contribution in [3.05, 3.63) is 97.2 Å². The summed E-state index contributed by atoms with van der Waals surface area (Å²) in [5.41, 5.74) is 0. The molecule has 0 bridgehead atoms. The summed E-state index contributed by atoms with van der Waals surface area (Å²) in [7, 11) is 0. The first kappa shape index (κ1) is 51.6. The number of carbonyl (C=O) groups excluding carboxylic acids is 2. The fraction of sp³-hybridized carbons (Fsp3) is 0.617. The smallest absolute Gasteiger partial charge is 0.306 e. The molecule has 0 saturated carbocycles. The van der Waals surface area contributed by atoms with Crippen molar-refractivity contribution in [2.24, 2.45) is 0 Å². The Bertz CT molecular complexity index is 1240. The first-order valence-corrected chi connectivity index (χ1v) is 21.3. The van der Waals surface area contributed by atoms with Crippen molar-refractivity contribution in [1.29, 1.82) is 0 Å². The first-order valence-electron chi connectivity index (χ1n) is 21.3. The summed E-state index contributed by atoms with van der Waals surface area (Å²) in [5, 5.41) is 40.0. The third-order valence-corrected chi connectivity index (χ3v) is 8.95. The molecule has 0 aromatic carbocycles. The number of hydrogen-bond donors (Lipinski definition) is 4. The Morgan fingerprint density at radius 3 is 1.54 bits per heavy atom. The number of hydrogen-bond acceptors (Lipinski definition) is 10. The molecule has 10 nitrogen and oxygen atoms in total. The van der Waals surface area contributed by atoms with E-state index in [1.807, 2.05) is 6.08 Å². The maximum atomic E-state index is 12.7. The van der Waals surface area contributed by atoms with E-state index in [1.165, 1.54) is 19.3 Å². The minimum absolute atomic E-state index is 0.163. The van der Waals surface area contributed by atoms with Crippen molar-refractivity contribution in [3.63, 3.8) is 0 Å². The third-order valence-electron chi connectivity index (χ3n) is 8.95. The standard InChI is InChI=1S/C47H74O10/c1-3-5-7-9-11-13-15-17-19-20-22-23-25-27-29-31-33-35-42(49)54-38-40(39-55-47-46(53)45(52)44(51)41(37-48)57-47)56-43(50)36-34-32-30-28-26-24-21-18-16-14-12-10-8-6-4-2/h5,7,11-14,17-19,21-23,26-29,40-41,44-48,51-53H,3-4,6,8-10,15-16,20,24-25,30-39H2,1-2H3/b7-5+,13-11+,14-12+,19-17+,21-18+,23-22+,28-26+,29-27+/t40-,41-,44+,45?,46?,47-/m0/s1. The molecule has 4 N–H and O–H groups in total. The molecule has 1 aliphatic rings. The minimum atomic E-state index is -1.62. The van der Waals surface area contributed by atoms with Crippen molar-refractivity contribution in [3.8, 4) is 0 Å². The van der Waals surface area contributed by atoms with Crippen LogP contribution >= 0.6 is 0 Å². The highest BCUT2D eigenvalue weighted by Crippen LogP contribution is 2.22. The lowest BCUT2D eigenvalue weighted by atomic mass is 9.99. The molecular formula is C47H74O10. The number of rotatable bonds is 33. The van der Waals surface area contributed by atoms with Crippen LogP contribution in [0, 0.1) is 0 Å². The number of unbranched alkanes of at least 4 members (excludes halogenated alkanes) is 6. The maximum Gasteiger partial charge on any atom is 0.306 e. The Hall–Kier alpha value is -3.38. The van der Waals surface area contributed by atoms with Gasteiger partial charge in [-0.15, -0.1) is 0 Å². The summed E-state index contributed by atoms with van der Waals surface area (Å²) >= 11 is 0. The van der Waals surface area contributed by atoms with Gasteiger partial charge >= 0.3 is 11.9 Å². The molecule has 10 heteroatoms. The topological polar surface area (TPSA) is 152 Å². The highest BCUT2D eigenvalue weighted by atomic mass is 16.7. The van der Waals surface area contributed by atoms with Crippen LogP contribution in [0.5, 0.6) is 0 Å². The molecule has 1 saturated heterocycles. The van der Waals surface area contributed by atoms with Gasteiger partial charge in [-0.05, 0) is 89.9 Å². The number of esters is 2. The average Bonchev–Trinajstić information content (AvgIpc) is 3.21. The van der Waals surface area contributed by atoms with Gasteiger partial charge in [-0.25, -0.2) is 0 Å². The normalized spacial score (nSPS) is 21.3. The molecule has 57 heavy (non-hydrogen) atoms. The van der Waals surface area contributed by atoms with E-state index in [0.717, 1.165) is 64.2 Å². The lowest BCUT2D eigenvalue weighted by molar-refractivity contribution is -0.305. The fourth-order valence-corrected chi connectivity index (χ4v) is 5.58. The minimum Gasteiger partial charge on any atom is -0.462 e. The Kier molecular flexibility index (Phi) is 33.5. The van der Waals surface area contributed by atoms with Crippen molar-refractivity contribution >= 4 is 11.9 Å². The molecule has 1 rings (SSSR count). The second kappa shape index (κ2) is 36.9. The highest BCUT2D eigenvalue weighted by Gasteiger charge is 2.44. The number of aliphatic hydroxyl groups excluding tert-OH is 4. The molecule has 322 valence electrons. The Morgan fingerprint density at radius 2 is 1.04 bits per heavy atom. The van der Waals surface area contributed by atoms with E-state index in [0.29, 0.717) is 19.3 Å². The number of aliphatic hydroxyl groups is 4. The van der Waals surface area contributed by atoms with Crippen LogP contribution in [0.1, 0.15) is 129 Å². The summed E-state index contributed by atoms with van der Waals surface area (Å²) in [6.45, 7) is 3.15. The number of allylic oxidation sites excluding steroid dienone is 16. The lowest BCUT2D eigenvalue weighted by Gasteiger charge is -2.39. The lowest BCUT2D eigenvalue weighted by Crippen LogP contribution is -2.59. The molecule has 1 heterocycles. The van der Waals surface area contributed by atoms with Crippen LogP contribution in [0.25, 0.3) is 0 Å². The van der Waals surface area contributed by atoms with Crippen molar-refractivity contribution in [2.45, 2.75) is 166 Å². The molecule has 0 radical (unpaired) electrons. The zero-order valence-corrected chi connectivity index (χ0v) is 34.8. The molecule has 0 aliphatic carbocycles. The van der Waals surface area contributed by atoms with E-state index >= 15 is 0 Å². The number of ether oxygens (including phenoxy) is 4. The Labute approximate surface area is 343 Å². The van der Waals surface area contributed by atoms with E-state index < -0.39 is 55.4 Å². The van der Waals surface area contributed by atoms with Crippen LogP contribution in [0.4, 0.5) is 0 Å². The van der Waals surface area contributed by atoms with Crippen LogP contribution in [0.2, 0.25) is 0 Å². The fourth-order valence-electron chi connectivity index (χ4n) is 5.58. The van der Waals surface area contributed by atoms with Gasteiger partial charge in [0.1, 0.15) is 31.0 Å². The van der Waals surface area contributed by atoms with Crippen LogP contribution in [-0.2, 0) is 28.5 Å². The molecule has 0 aromatic rings. The van der Waals surface area contributed by atoms with Gasteiger partial charge in [-0.2, -0.15) is 0 Å². The summed E-state index contributed by atoms with van der Waals surface area (Å²) in [6, 6.07) is 0.